The van der Waals surface area contributed by atoms with Crippen LogP contribution in [0.15, 0.2) is 16.5 Å². The van der Waals surface area contributed by atoms with Crippen LogP contribution < -0.4 is 4.31 Å². The number of halogens is 2. The minimum atomic E-state index is -4.51. The highest BCUT2D eigenvalue weighted by Gasteiger charge is 2.29. The maximum Gasteiger partial charge on any atom is 0.344 e. The minimum absolute atomic E-state index is 0.149. The number of rotatable bonds is 5. The van der Waals surface area contributed by atoms with E-state index < -0.39 is 45.6 Å². The van der Waals surface area contributed by atoms with Crippen LogP contribution >= 0.6 is 0 Å². The highest BCUT2D eigenvalue weighted by atomic mass is 32.2. The Hall–Kier alpha value is -2.03. The highest BCUT2D eigenvalue weighted by Crippen LogP contribution is 2.33. The van der Waals surface area contributed by atoms with E-state index in [0.717, 1.165) is 13.0 Å². The quantitative estimate of drug-likeness (QED) is 0.820. The van der Waals surface area contributed by atoms with Crippen LogP contribution in [0.3, 0.4) is 0 Å². The van der Waals surface area contributed by atoms with E-state index in [0.29, 0.717) is 6.07 Å². The molecule has 1 N–H and O–H groups in total. The van der Waals surface area contributed by atoms with E-state index in [2.05, 4.69) is 11.1 Å². The van der Waals surface area contributed by atoms with Crippen LogP contribution in [0.1, 0.15) is 6.92 Å². The van der Waals surface area contributed by atoms with Crippen LogP contribution in [-0.4, -0.2) is 32.6 Å². The van der Waals surface area contributed by atoms with Gasteiger partial charge in [-0.15, -0.1) is 0 Å². The molecule has 0 radical (unpaired) electrons. The highest BCUT2D eigenvalue weighted by molar-refractivity contribution is 7.91. The second-order valence-electron chi connectivity index (χ2n) is 3.54. The van der Waals surface area contributed by atoms with Crippen LogP contribution in [0.25, 0.3) is 0 Å². The summed E-state index contributed by atoms with van der Waals surface area (Å²) in [6, 6.07) is 1.38. The second kappa shape index (κ2) is 5.31. The summed E-state index contributed by atoms with van der Waals surface area (Å²) in [5.41, 5.74) is -0.984. The van der Waals surface area contributed by atoms with Crippen molar-refractivity contribution in [2.75, 3.05) is 10.8 Å². The number of phenols is 1. The largest absolute Gasteiger partial charge is 0.506 e. The molecular formula is C10H10F2N2O4S. The third kappa shape index (κ3) is 3.05. The van der Waals surface area contributed by atoms with Gasteiger partial charge in [-0.25, -0.2) is 13.1 Å². The molecule has 0 aliphatic carbocycles. The zero-order chi connectivity index (χ0) is 14.8. The molecule has 0 bridgehead atoms. The Labute approximate surface area is 108 Å². The summed E-state index contributed by atoms with van der Waals surface area (Å²) in [4.78, 5) is 11.0. The number of hydrogen-bond donors (Lipinski definition) is 1. The molecule has 1 rings (SSSR count). The maximum absolute atomic E-state index is 13.6. The van der Waals surface area contributed by atoms with Gasteiger partial charge in [0.25, 0.3) is 0 Å². The number of ketones is 1. The van der Waals surface area contributed by atoms with Gasteiger partial charge in [-0.1, -0.05) is 0 Å². The molecule has 0 aromatic heterocycles. The molecule has 6 nitrogen and oxygen atoms in total. The number of phenolic OH excluding ortho intramolecular Hbond substituents is 1. The topological polar surface area (TPSA) is 87.0 Å². The summed E-state index contributed by atoms with van der Waals surface area (Å²) < 4.78 is 52.8. The van der Waals surface area contributed by atoms with Crippen molar-refractivity contribution in [1.29, 1.82) is 0 Å². The van der Waals surface area contributed by atoms with Gasteiger partial charge in [-0.2, -0.15) is 12.8 Å². The van der Waals surface area contributed by atoms with Crippen molar-refractivity contribution in [3.8, 4) is 5.75 Å². The minimum Gasteiger partial charge on any atom is -0.506 e. The lowest BCUT2D eigenvalue weighted by molar-refractivity contribution is -0.115. The number of hydrogen-bond acceptors (Lipinski definition) is 4. The fourth-order valence-corrected chi connectivity index (χ4v) is 2.20. The molecule has 19 heavy (non-hydrogen) atoms. The Morgan fingerprint density at radius 3 is 2.53 bits per heavy atom. The van der Waals surface area contributed by atoms with Gasteiger partial charge in [0.05, 0.1) is 6.54 Å². The first kappa shape index (κ1) is 15.0. The van der Waals surface area contributed by atoms with Crippen LogP contribution in [0, 0.1) is 11.6 Å². The van der Waals surface area contributed by atoms with Gasteiger partial charge < -0.3 is 5.11 Å². The van der Waals surface area contributed by atoms with Crippen molar-refractivity contribution in [2.45, 2.75) is 6.92 Å². The Balaban J connectivity index is 3.55. The van der Waals surface area contributed by atoms with Gasteiger partial charge in [0.2, 0.25) is 0 Å². The number of carbonyl (C=O) groups is 1. The van der Waals surface area contributed by atoms with Gasteiger partial charge in [0.15, 0.2) is 11.6 Å². The monoisotopic (exact) mass is 292 g/mol. The summed E-state index contributed by atoms with van der Waals surface area (Å²) in [7, 11) is -4.51. The number of Topliss-reactive ketones (excluding diaryl/α,β-unsaturated/α-hetero) is 1. The molecule has 0 saturated heterocycles. The van der Waals surface area contributed by atoms with Crippen LogP contribution in [-0.2, 0) is 15.0 Å². The van der Waals surface area contributed by atoms with Gasteiger partial charge in [0, 0.05) is 6.72 Å². The van der Waals surface area contributed by atoms with Gasteiger partial charge in [0.1, 0.15) is 17.2 Å². The van der Waals surface area contributed by atoms with E-state index >= 15 is 0 Å². The number of aromatic hydroxyl groups is 1. The Morgan fingerprint density at radius 2 is 2.05 bits per heavy atom. The molecule has 0 aliphatic heterocycles. The lowest BCUT2D eigenvalue weighted by Crippen LogP contribution is -2.34. The lowest BCUT2D eigenvalue weighted by Gasteiger charge is -2.21. The van der Waals surface area contributed by atoms with Crippen molar-refractivity contribution >= 4 is 28.4 Å². The molecule has 104 valence electrons. The summed E-state index contributed by atoms with van der Waals surface area (Å²) in [6.45, 7) is 3.01. The Bertz CT molecular complexity index is 631. The first-order valence-electron chi connectivity index (χ1n) is 4.87. The van der Waals surface area contributed by atoms with E-state index in [1.54, 1.807) is 0 Å². The first-order valence-corrected chi connectivity index (χ1v) is 6.27. The van der Waals surface area contributed by atoms with E-state index in [4.69, 9.17) is 0 Å². The summed E-state index contributed by atoms with van der Waals surface area (Å²) in [6.07, 6.45) is 0. The van der Waals surface area contributed by atoms with Crippen molar-refractivity contribution in [1.82, 2.24) is 0 Å². The molecule has 0 amide bonds. The van der Waals surface area contributed by atoms with Crippen molar-refractivity contribution in [3.05, 3.63) is 23.8 Å². The molecular weight excluding hydrogens is 282 g/mol. The predicted molar refractivity (Wildman–Crippen MR) is 64.5 cm³/mol. The van der Waals surface area contributed by atoms with E-state index in [9.17, 15) is 27.1 Å². The molecule has 0 heterocycles. The third-order valence-corrected chi connectivity index (χ3v) is 3.30. The molecule has 0 atom stereocenters. The number of nitrogens with zero attached hydrogens (tertiary/aromatic N) is 2. The van der Waals surface area contributed by atoms with Crippen LogP contribution in [0.2, 0.25) is 0 Å². The van der Waals surface area contributed by atoms with Crippen molar-refractivity contribution in [3.63, 3.8) is 0 Å². The van der Waals surface area contributed by atoms with E-state index in [-0.39, 0.29) is 4.31 Å². The molecule has 0 aliphatic rings. The predicted octanol–water partition coefficient (Wildman–Crippen LogP) is 1.01. The maximum atomic E-state index is 13.6. The van der Waals surface area contributed by atoms with Gasteiger partial charge in [-0.3, -0.25) is 4.79 Å². The lowest BCUT2D eigenvalue weighted by atomic mass is 10.2. The fourth-order valence-electron chi connectivity index (χ4n) is 1.31. The second-order valence-corrected chi connectivity index (χ2v) is 5.14. The molecule has 0 saturated carbocycles. The smallest absolute Gasteiger partial charge is 0.344 e. The number of carbonyl (C=O) groups excluding carboxylic acids is 1. The standard InChI is InChI=1S/C10H10F2N2O4S/c1-6(15)5-14(19(17,18)13-2)10-8(16)4-3-7(11)9(10)12/h3-4,16H,2,5H2,1H3. The van der Waals surface area contributed by atoms with Gasteiger partial charge >= 0.3 is 10.2 Å². The molecule has 0 unspecified atom stereocenters. The zero-order valence-corrected chi connectivity index (χ0v) is 10.6. The Morgan fingerprint density at radius 1 is 1.47 bits per heavy atom. The zero-order valence-electron chi connectivity index (χ0n) is 9.80. The van der Waals surface area contributed by atoms with Crippen LogP contribution in [0.4, 0.5) is 14.5 Å². The average Bonchev–Trinajstić information content (AvgIpc) is 2.32. The summed E-state index contributed by atoms with van der Waals surface area (Å²) in [5.74, 6) is -4.48. The SMILES string of the molecule is C=NS(=O)(=O)N(CC(C)=O)c1c(O)ccc(F)c1F. The molecule has 9 heteroatoms. The molecule has 1 aromatic carbocycles. The van der Waals surface area contributed by atoms with Gasteiger partial charge in [-0.05, 0) is 19.1 Å². The van der Waals surface area contributed by atoms with E-state index in [1.807, 2.05) is 0 Å². The Kier molecular flexibility index (Phi) is 4.20. The summed E-state index contributed by atoms with van der Waals surface area (Å²) >= 11 is 0. The van der Waals surface area contributed by atoms with Crippen LogP contribution in [0.5, 0.6) is 5.75 Å². The number of anilines is 1. The molecule has 0 fully saturated rings. The van der Waals surface area contributed by atoms with Crippen molar-refractivity contribution in [2.24, 2.45) is 4.40 Å². The van der Waals surface area contributed by atoms with Crippen molar-refractivity contribution < 1.29 is 27.1 Å². The normalized spacial score (nSPS) is 11.1. The van der Waals surface area contributed by atoms with E-state index in [1.165, 1.54) is 0 Å². The summed E-state index contributed by atoms with van der Waals surface area (Å²) in [5, 5.41) is 9.47. The number of benzene rings is 1. The molecule has 1 aromatic rings. The average molecular weight is 292 g/mol. The first-order chi connectivity index (χ1) is 8.70. The fraction of sp³-hybridized carbons (Fsp3) is 0.200. The molecule has 0 spiro atoms. The third-order valence-electron chi connectivity index (χ3n) is 2.11.